The number of Topliss-reactive ketones (excluding diaryl/α,β-unsaturated/α-hetero) is 1. The van der Waals surface area contributed by atoms with E-state index in [1.54, 1.807) is 7.11 Å². The molecule has 0 aromatic heterocycles. The molecule has 102 valence electrons. The Labute approximate surface area is 114 Å². The molecule has 3 heteroatoms. The van der Waals surface area contributed by atoms with Crippen molar-refractivity contribution in [2.24, 2.45) is 0 Å². The van der Waals surface area contributed by atoms with Gasteiger partial charge in [-0.15, -0.1) is 0 Å². The second-order valence-electron chi connectivity index (χ2n) is 4.20. The van der Waals surface area contributed by atoms with Crippen LogP contribution in [0.5, 0.6) is 5.75 Å². The van der Waals surface area contributed by atoms with Crippen LogP contribution in [0, 0.1) is 0 Å². The Morgan fingerprint density at radius 2 is 1.68 bits per heavy atom. The molecule has 0 saturated heterocycles. The van der Waals surface area contributed by atoms with Gasteiger partial charge in [-0.25, -0.2) is 0 Å². The summed E-state index contributed by atoms with van der Waals surface area (Å²) in [6.45, 7) is 1.88. The lowest BCUT2D eigenvalue weighted by molar-refractivity contribution is 0.0988. The van der Waals surface area contributed by atoms with Gasteiger partial charge in [0.1, 0.15) is 5.75 Å². The van der Waals surface area contributed by atoms with Crippen molar-refractivity contribution in [3.05, 3.63) is 42.0 Å². The van der Waals surface area contributed by atoms with Gasteiger partial charge in [-0.1, -0.05) is 25.1 Å². The van der Waals surface area contributed by atoms with Gasteiger partial charge in [0.2, 0.25) is 0 Å². The molecule has 0 saturated carbocycles. The van der Waals surface area contributed by atoms with Crippen LogP contribution in [0.1, 0.15) is 23.7 Å². The van der Waals surface area contributed by atoms with E-state index in [0.717, 1.165) is 22.1 Å². The first-order valence-corrected chi connectivity index (χ1v) is 6.35. The predicted octanol–water partition coefficient (Wildman–Crippen LogP) is 3.28. The first-order chi connectivity index (χ1) is 9.15. The maximum absolute atomic E-state index is 11.6. The van der Waals surface area contributed by atoms with Crippen molar-refractivity contribution >= 4 is 16.6 Å². The van der Waals surface area contributed by atoms with Crippen molar-refractivity contribution < 1.29 is 9.53 Å². The minimum atomic E-state index is 0.178. The lowest BCUT2D eigenvalue weighted by atomic mass is 10.0. The maximum atomic E-state index is 11.6. The van der Waals surface area contributed by atoms with Crippen LogP contribution < -0.4 is 10.1 Å². The third-order valence-corrected chi connectivity index (χ3v) is 2.69. The van der Waals surface area contributed by atoms with E-state index in [4.69, 9.17) is 4.74 Å². The number of hydrogen-bond acceptors (Lipinski definition) is 3. The first kappa shape index (κ1) is 15.2. The summed E-state index contributed by atoms with van der Waals surface area (Å²) in [5, 5.41) is 4.91. The zero-order valence-electron chi connectivity index (χ0n) is 12.0. The van der Waals surface area contributed by atoms with E-state index in [-0.39, 0.29) is 5.78 Å². The van der Waals surface area contributed by atoms with Crippen molar-refractivity contribution in [2.75, 3.05) is 21.2 Å². The van der Waals surface area contributed by atoms with Crippen molar-refractivity contribution in [1.29, 1.82) is 0 Å². The Bertz CT molecular complexity index is 549. The molecule has 2 aromatic carbocycles. The van der Waals surface area contributed by atoms with Crippen molar-refractivity contribution in [3.8, 4) is 5.75 Å². The van der Waals surface area contributed by atoms with E-state index >= 15 is 0 Å². The summed E-state index contributed by atoms with van der Waals surface area (Å²) >= 11 is 0. The third kappa shape index (κ3) is 4.07. The molecule has 0 heterocycles. The molecule has 0 amide bonds. The summed E-state index contributed by atoms with van der Waals surface area (Å²) in [4.78, 5) is 11.6. The molecule has 0 spiro atoms. The smallest absolute Gasteiger partial charge is 0.162 e. The Balaban J connectivity index is 0.000000550. The summed E-state index contributed by atoms with van der Waals surface area (Å²) in [7, 11) is 5.40. The number of rotatable bonds is 3. The molecule has 2 rings (SSSR count). The van der Waals surface area contributed by atoms with Gasteiger partial charge in [0, 0.05) is 12.0 Å². The standard InChI is InChI=1S/C14H14O2.C2H7N/c1-3-14(15)12-5-4-11-9-13(16-2)7-6-10(11)8-12;1-3-2/h4-9H,3H2,1-2H3;3H,1-2H3. The SMILES string of the molecule is CCC(=O)c1ccc2cc(OC)ccc2c1.CNC. The largest absolute Gasteiger partial charge is 0.497 e. The highest BCUT2D eigenvalue weighted by Gasteiger charge is 2.04. The van der Waals surface area contributed by atoms with Crippen LogP contribution in [-0.4, -0.2) is 27.0 Å². The third-order valence-electron chi connectivity index (χ3n) is 2.69. The van der Waals surface area contributed by atoms with Gasteiger partial charge in [-0.3, -0.25) is 4.79 Å². The van der Waals surface area contributed by atoms with Crippen LogP contribution in [0.15, 0.2) is 36.4 Å². The number of carbonyl (C=O) groups is 1. The first-order valence-electron chi connectivity index (χ1n) is 6.35. The highest BCUT2D eigenvalue weighted by atomic mass is 16.5. The van der Waals surface area contributed by atoms with Gasteiger partial charge < -0.3 is 10.1 Å². The Hall–Kier alpha value is -1.87. The molecule has 0 radical (unpaired) electrons. The van der Waals surface area contributed by atoms with Crippen LogP contribution >= 0.6 is 0 Å². The predicted molar refractivity (Wildman–Crippen MR) is 80.1 cm³/mol. The quantitative estimate of drug-likeness (QED) is 0.860. The molecule has 2 aromatic rings. The topological polar surface area (TPSA) is 38.3 Å². The highest BCUT2D eigenvalue weighted by Crippen LogP contribution is 2.22. The van der Waals surface area contributed by atoms with Crippen molar-refractivity contribution in [2.45, 2.75) is 13.3 Å². The Morgan fingerprint density at radius 3 is 2.26 bits per heavy atom. The monoisotopic (exact) mass is 259 g/mol. The number of fused-ring (bicyclic) bond motifs is 1. The molecule has 0 unspecified atom stereocenters. The average Bonchev–Trinajstić information content (AvgIpc) is 2.46. The van der Waals surface area contributed by atoms with E-state index < -0.39 is 0 Å². The fourth-order valence-corrected chi connectivity index (χ4v) is 1.73. The Kier molecular flexibility index (Phi) is 6.03. The molecule has 0 aliphatic rings. The Morgan fingerprint density at radius 1 is 1.11 bits per heavy atom. The number of ketones is 1. The molecule has 0 fully saturated rings. The average molecular weight is 259 g/mol. The number of carbonyl (C=O) groups excluding carboxylic acids is 1. The van der Waals surface area contributed by atoms with Crippen LogP contribution in [0.2, 0.25) is 0 Å². The van der Waals surface area contributed by atoms with Gasteiger partial charge in [0.25, 0.3) is 0 Å². The fraction of sp³-hybridized carbons (Fsp3) is 0.312. The van der Waals surface area contributed by atoms with E-state index in [1.165, 1.54) is 0 Å². The normalized spacial score (nSPS) is 9.68. The molecule has 0 aliphatic heterocycles. The molecular weight excluding hydrogens is 238 g/mol. The number of ether oxygens (including phenoxy) is 1. The van der Waals surface area contributed by atoms with E-state index in [1.807, 2.05) is 57.4 Å². The molecule has 0 bridgehead atoms. The zero-order chi connectivity index (χ0) is 14.3. The minimum Gasteiger partial charge on any atom is -0.497 e. The number of benzene rings is 2. The van der Waals surface area contributed by atoms with Crippen LogP contribution in [-0.2, 0) is 0 Å². The van der Waals surface area contributed by atoms with Gasteiger partial charge in [-0.2, -0.15) is 0 Å². The lowest BCUT2D eigenvalue weighted by Crippen LogP contribution is -1.95. The number of methoxy groups -OCH3 is 1. The van der Waals surface area contributed by atoms with Gasteiger partial charge in [0.15, 0.2) is 5.78 Å². The number of hydrogen-bond donors (Lipinski definition) is 1. The minimum absolute atomic E-state index is 0.178. The van der Waals surface area contributed by atoms with Crippen LogP contribution in [0.3, 0.4) is 0 Å². The summed E-state index contributed by atoms with van der Waals surface area (Å²) in [6.07, 6.45) is 0.543. The molecule has 1 N–H and O–H groups in total. The van der Waals surface area contributed by atoms with E-state index in [9.17, 15) is 4.79 Å². The van der Waals surface area contributed by atoms with Crippen LogP contribution in [0.4, 0.5) is 0 Å². The number of nitrogens with one attached hydrogen (secondary N) is 1. The molecule has 0 aliphatic carbocycles. The zero-order valence-corrected chi connectivity index (χ0v) is 12.0. The fourth-order valence-electron chi connectivity index (χ4n) is 1.73. The van der Waals surface area contributed by atoms with Gasteiger partial charge >= 0.3 is 0 Å². The van der Waals surface area contributed by atoms with Crippen molar-refractivity contribution in [3.63, 3.8) is 0 Å². The second kappa shape index (κ2) is 7.54. The molecular formula is C16H21NO2. The van der Waals surface area contributed by atoms with E-state index in [0.29, 0.717) is 6.42 Å². The van der Waals surface area contributed by atoms with Gasteiger partial charge in [0.05, 0.1) is 7.11 Å². The molecule has 3 nitrogen and oxygen atoms in total. The van der Waals surface area contributed by atoms with E-state index in [2.05, 4.69) is 5.32 Å². The maximum Gasteiger partial charge on any atom is 0.162 e. The van der Waals surface area contributed by atoms with Crippen LogP contribution in [0.25, 0.3) is 10.8 Å². The molecule has 19 heavy (non-hydrogen) atoms. The highest BCUT2D eigenvalue weighted by molar-refractivity contribution is 5.99. The summed E-state index contributed by atoms with van der Waals surface area (Å²) < 4.78 is 5.15. The summed E-state index contributed by atoms with van der Waals surface area (Å²) in [5.41, 5.74) is 0.778. The second-order valence-corrected chi connectivity index (χ2v) is 4.20. The summed E-state index contributed by atoms with van der Waals surface area (Å²) in [6, 6.07) is 11.6. The molecule has 0 atom stereocenters. The summed E-state index contributed by atoms with van der Waals surface area (Å²) in [5.74, 6) is 1.01. The lowest BCUT2D eigenvalue weighted by Gasteiger charge is -2.04. The van der Waals surface area contributed by atoms with Crippen molar-refractivity contribution in [1.82, 2.24) is 5.32 Å². The van der Waals surface area contributed by atoms with Gasteiger partial charge in [-0.05, 0) is 43.1 Å².